The van der Waals surface area contributed by atoms with E-state index in [-0.39, 0.29) is 0 Å². The molecule has 0 aliphatic rings. The maximum absolute atomic E-state index is 4.71. The van der Waals surface area contributed by atoms with Crippen molar-refractivity contribution in [3.05, 3.63) is 48.2 Å². The highest BCUT2D eigenvalue weighted by Crippen LogP contribution is 2.24. The van der Waals surface area contributed by atoms with Crippen LogP contribution in [-0.4, -0.2) is 10.7 Å². The number of hydrogen-bond acceptors (Lipinski definition) is 2. The van der Waals surface area contributed by atoms with Crippen LogP contribution in [0.2, 0.25) is 0 Å². The molecule has 0 radical (unpaired) electrons. The van der Waals surface area contributed by atoms with Gasteiger partial charge in [-0.05, 0) is 48.8 Å². The van der Waals surface area contributed by atoms with Gasteiger partial charge in [0.15, 0.2) is 0 Å². The maximum Gasteiger partial charge on any atom is 0.0702 e. The van der Waals surface area contributed by atoms with E-state index in [2.05, 4.69) is 56.4 Å². The van der Waals surface area contributed by atoms with Crippen molar-refractivity contribution < 1.29 is 0 Å². The highest BCUT2D eigenvalue weighted by Gasteiger charge is 2.02. The summed E-state index contributed by atoms with van der Waals surface area (Å²) in [6.07, 6.45) is 19.6. The predicted octanol–water partition coefficient (Wildman–Crippen LogP) is 9.10. The third kappa shape index (κ3) is 10.3. The Hall–Kier alpha value is -1.28. The quantitative estimate of drug-likeness (QED) is 0.202. The van der Waals surface area contributed by atoms with Gasteiger partial charge < -0.3 is 0 Å². The van der Waals surface area contributed by atoms with Gasteiger partial charge in [-0.1, -0.05) is 96.3 Å². The molecular formula is C27H41NS. The summed E-state index contributed by atoms with van der Waals surface area (Å²) < 4.78 is 0. The first kappa shape index (κ1) is 24.0. The number of thioether (sulfide) groups is 1. The Kier molecular flexibility index (Phi) is 12.9. The van der Waals surface area contributed by atoms with Gasteiger partial charge >= 0.3 is 0 Å². The predicted molar refractivity (Wildman–Crippen MR) is 131 cm³/mol. The molecule has 1 aromatic carbocycles. The lowest BCUT2D eigenvalue weighted by Crippen LogP contribution is -1.90. The van der Waals surface area contributed by atoms with Gasteiger partial charge in [0, 0.05) is 16.7 Å². The molecule has 1 aromatic heterocycles. The fourth-order valence-corrected chi connectivity index (χ4v) is 4.56. The van der Waals surface area contributed by atoms with Gasteiger partial charge in [-0.25, -0.2) is 0 Å². The second-order valence-corrected chi connectivity index (χ2v) is 9.38. The Bertz CT molecular complexity index is 633. The van der Waals surface area contributed by atoms with E-state index < -0.39 is 0 Å². The summed E-state index contributed by atoms with van der Waals surface area (Å²) in [5.74, 6) is 1.23. The summed E-state index contributed by atoms with van der Waals surface area (Å²) in [5.41, 5.74) is 3.68. The van der Waals surface area contributed by atoms with Crippen LogP contribution in [0.4, 0.5) is 0 Å². The van der Waals surface area contributed by atoms with Crippen LogP contribution in [0.25, 0.3) is 11.3 Å². The highest BCUT2D eigenvalue weighted by molar-refractivity contribution is 7.99. The van der Waals surface area contributed by atoms with E-state index in [0.717, 1.165) is 12.1 Å². The molecule has 0 aliphatic carbocycles. The molecule has 0 fully saturated rings. The summed E-state index contributed by atoms with van der Waals surface area (Å²) in [7, 11) is 0. The molecule has 0 spiro atoms. The van der Waals surface area contributed by atoms with Crippen molar-refractivity contribution in [1.82, 2.24) is 4.98 Å². The number of aryl methyl sites for hydroxylation is 1. The van der Waals surface area contributed by atoms with Crippen LogP contribution in [0, 0.1) is 0 Å². The van der Waals surface area contributed by atoms with E-state index in [0.29, 0.717) is 0 Å². The number of pyridine rings is 1. The molecule has 0 atom stereocenters. The van der Waals surface area contributed by atoms with Crippen molar-refractivity contribution in [2.45, 2.75) is 102 Å². The SMILES string of the molecule is CCCCCCCCSc1ccc(-c2ccc(CCCCCCCC)cn2)cc1. The van der Waals surface area contributed by atoms with E-state index >= 15 is 0 Å². The zero-order valence-electron chi connectivity index (χ0n) is 18.8. The largest absolute Gasteiger partial charge is 0.256 e. The van der Waals surface area contributed by atoms with Crippen molar-refractivity contribution >= 4 is 11.8 Å². The van der Waals surface area contributed by atoms with E-state index in [4.69, 9.17) is 4.98 Å². The molecule has 2 aromatic rings. The minimum absolute atomic E-state index is 1.09. The lowest BCUT2D eigenvalue weighted by Gasteiger charge is -2.06. The molecule has 0 bridgehead atoms. The van der Waals surface area contributed by atoms with Crippen molar-refractivity contribution in [1.29, 1.82) is 0 Å². The van der Waals surface area contributed by atoms with Gasteiger partial charge in [0.2, 0.25) is 0 Å². The summed E-state index contributed by atoms with van der Waals surface area (Å²) in [5, 5.41) is 0. The first-order valence-electron chi connectivity index (χ1n) is 12.0. The van der Waals surface area contributed by atoms with Crippen LogP contribution in [0.5, 0.6) is 0 Å². The molecular weight excluding hydrogens is 370 g/mol. The van der Waals surface area contributed by atoms with E-state index in [1.165, 1.54) is 98.8 Å². The average molecular weight is 412 g/mol. The first-order chi connectivity index (χ1) is 14.3. The van der Waals surface area contributed by atoms with Crippen LogP contribution in [-0.2, 0) is 6.42 Å². The fraction of sp³-hybridized carbons (Fsp3) is 0.593. The molecule has 2 rings (SSSR count). The summed E-state index contributed by atoms with van der Waals surface area (Å²) in [6.45, 7) is 4.55. The number of nitrogens with zero attached hydrogens (tertiary/aromatic N) is 1. The Morgan fingerprint density at radius 3 is 1.90 bits per heavy atom. The third-order valence-corrected chi connectivity index (χ3v) is 6.66. The van der Waals surface area contributed by atoms with Gasteiger partial charge in [0.25, 0.3) is 0 Å². The molecule has 1 heterocycles. The van der Waals surface area contributed by atoms with Crippen LogP contribution in [0.1, 0.15) is 96.5 Å². The average Bonchev–Trinajstić information content (AvgIpc) is 2.76. The van der Waals surface area contributed by atoms with Gasteiger partial charge in [-0.2, -0.15) is 0 Å². The standard InChI is InChI=1S/C27H41NS/c1-3-5-7-9-11-13-15-24-16-21-27(28-23-24)25-17-19-26(20-18-25)29-22-14-12-10-8-6-4-2/h16-21,23H,3-15,22H2,1-2H3. The normalized spacial score (nSPS) is 11.1. The summed E-state index contributed by atoms with van der Waals surface area (Å²) in [6, 6.07) is 13.4. The van der Waals surface area contributed by atoms with Gasteiger partial charge in [-0.3, -0.25) is 4.98 Å². The van der Waals surface area contributed by atoms with E-state index in [9.17, 15) is 0 Å². The van der Waals surface area contributed by atoms with Crippen molar-refractivity contribution in [2.75, 3.05) is 5.75 Å². The van der Waals surface area contributed by atoms with Crippen molar-refractivity contribution in [2.24, 2.45) is 0 Å². The molecule has 1 nitrogen and oxygen atoms in total. The minimum Gasteiger partial charge on any atom is -0.256 e. The van der Waals surface area contributed by atoms with E-state index in [1.807, 2.05) is 11.8 Å². The number of unbranched alkanes of at least 4 members (excludes halogenated alkanes) is 10. The maximum atomic E-state index is 4.71. The Morgan fingerprint density at radius 1 is 0.655 bits per heavy atom. The number of rotatable bonds is 16. The lowest BCUT2D eigenvalue weighted by atomic mass is 10.1. The molecule has 0 N–H and O–H groups in total. The molecule has 0 amide bonds. The monoisotopic (exact) mass is 411 g/mol. The third-order valence-electron chi connectivity index (χ3n) is 5.56. The molecule has 0 saturated carbocycles. The molecule has 29 heavy (non-hydrogen) atoms. The molecule has 0 saturated heterocycles. The topological polar surface area (TPSA) is 12.9 Å². The van der Waals surface area contributed by atoms with Crippen LogP contribution < -0.4 is 0 Å². The van der Waals surface area contributed by atoms with Crippen LogP contribution >= 0.6 is 11.8 Å². The van der Waals surface area contributed by atoms with Gasteiger partial charge in [0.05, 0.1) is 5.69 Å². The Balaban J connectivity index is 1.68. The molecule has 160 valence electrons. The summed E-state index contributed by atoms with van der Waals surface area (Å²) in [4.78, 5) is 6.09. The molecule has 2 heteroatoms. The van der Waals surface area contributed by atoms with Crippen LogP contribution in [0.15, 0.2) is 47.5 Å². The number of aromatic nitrogens is 1. The second kappa shape index (κ2) is 15.5. The van der Waals surface area contributed by atoms with Gasteiger partial charge in [0.1, 0.15) is 0 Å². The highest BCUT2D eigenvalue weighted by atomic mass is 32.2. The number of hydrogen-bond donors (Lipinski definition) is 0. The van der Waals surface area contributed by atoms with Crippen molar-refractivity contribution in [3.63, 3.8) is 0 Å². The molecule has 0 aliphatic heterocycles. The Labute approximate surface area is 184 Å². The summed E-state index contributed by atoms with van der Waals surface area (Å²) >= 11 is 1.99. The second-order valence-electron chi connectivity index (χ2n) is 8.21. The lowest BCUT2D eigenvalue weighted by molar-refractivity contribution is 0.607. The molecule has 0 unspecified atom stereocenters. The zero-order chi connectivity index (χ0) is 20.6. The zero-order valence-corrected chi connectivity index (χ0v) is 19.6. The van der Waals surface area contributed by atoms with Gasteiger partial charge in [-0.15, -0.1) is 11.8 Å². The van der Waals surface area contributed by atoms with E-state index in [1.54, 1.807) is 0 Å². The Morgan fingerprint density at radius 2 is 1.28 bits per heavy atom. The number of benzene rings is 1. The smallest absolute Gasteiger partial charge is 0.0702 e. The van der Waals surface area contributed by atoms with Crippen molar-refractivity contribution in [3.8, 4) is 11.3 Å². The minimum atomic E-state index is 1.09. The fourth-order valence-electron chi connectivity index (χ4n) is 3.65. The first-order valence-corrected chi connectivity index (χ1v) is 13.0. The van der Waals surface area contributed by atoms with Crippen LogP contribution in [0.3, 0.4) is 0 Å².